The maximum atomic E-state index is 12.5. The fourth-order valence-electron chi connectivity index (χ4n) is 2.87. The number of hydrogen-bond donors (Lipinski definition) is 3. The van der Waals surface area contributed by atoms with E-state index in [-0.39, 0.29) is 12.6 Å². The summed E-state index contributed by atoms with van der Waals surface area (Å²) in [6.45, 7) is 0.0211. The fourth-order valence-corrected chi connectivity index (χ4v) is 2.87. The predicted molar refractivity (Wildman–Crippen MR) is 108 cm³/mol. The van der Waals surface area contributed by atoms with E-state index in [1.807, 2.05) is 72.8 Å². The lowest BCUT2D eigenvalue weighted by molar-refractivity contribution is 0.262. The molecule has 2 amide bonds. The first-order valence-electron chi connectivity index (χ1n) is 8.71. The summed E-state index contributed by atoms with van der Waals surface area (Å²) in [7, 11) is 1.57. The predicted octanol–water partition coefficient (Wildman–Crippen LogP) is 4.54. The van der Waals surface area contributed by atoms with E-state index >= 15 is 0 Å². The molecule has 5 nitrogen and oxygen atoms in total. The van der Waals surface area contributed by atoms with Gasteiger partial charge in [-0.05, 0) is 41.3 Å². The van der Waals surface area contributed by atoms with Crippen LogP contribution in [0.3, 0.4) is 0 Å². The second kappa shape index (κ2) is 8.87. The van der Waals surface area contributed by atoms with Gasteiger partial charge in [-0.25, -0.2) is 4.79 Å². The summed E-state index contributed by atoms with van der Waals surface area (Å²) in [5, 5.41) is 14.9. The molecule has 0 saturated carbocycles. The Kier molecular flexibility index (Phi) is 6.07. The van der Waals surface area contributed by atoms with Gasteiger partial charge >= 0.3 is 6.03 Å². The standard InChI is InChI=1S/C22H22N2O3/c1-27-21-12-11-18(16-7-3-2-4-8-16)15-20(21)24-22(26)23-19-10-6-5-9-17(19)13-14-25/h2-12,15,25H,13-14H2,1H3,(H2,23,24,26). The van der Waals surface area contributed by atoms with Crippen LogP contribution in [0.4, 0.5) is 16.2 Å². The summed E-state index contributed by atoms with van der Waals surface area (Å²) in [5.41, 5.74) is 4.16. The molecule has 0 aliphatic rings. The van der Waals surface area contributed by atoms with Crippen LogP contribution in [-0.2, 0) is 6.42 Å². The van der Waals surface area contributed by atoms with Crippen LogP contribution in [-0.4, -0.2) is 24.9 Å². The zero-order valence-electron chi connectivity index (χ0n) is 15.1. The van der Waals surface area contributed by atoms with Crippen LogP contribution in [0, 0.1) is 0 Å². The number of nitrogens with one attached hydrogen (secondary N) is 2. The molecule has 0 spiro atoms. The first-order valence-corrected chi connectivity index (χ1v) is 8.71. The highest BCUT2D eigenvalue weighted by molar-refractivity contribution is 6.01. The maximum Gasteiger partial charge on any atom is 0.323 e. The molecule has 138 valence electrons. The summed E-state index contributed by atoms with van der Waals surface area (Å²) < 4.78 is 5.37. The number of carbonyl (C=O) groups excluding carboxylic acids is 1. The fraction of sp³-hybridized carbons (Fsp3) is 0.136. The molecular weight excluding hydrogens is 340 g/mol. The normalized spacial score (nSPS) is 10.3. The van der Waals surface area contributed by atoms with Crippen LogP contribution < -0.4 is 15.4 Å². The van der Waals surface area contributed by atoms with Gasteiger partial charge in [0.05, 0.1) is 12.8 Å². The summed E-state index contributed by atoms with van der Waals surface area (Å²) in [4.78, 5) is 12.5. The van der Waals surface area contributed by atoms with Crippen LogP contribution in [0.25, 0.3) is 11.1 Å². The number of aliphatic hydroxyl groups excluding tert-OH is 1. The van der Waals surface area contributed by atoms with E-state index in [9.17, 15) is 9.90 Å². The third kappa shape index (κ3) is 4.65. The van der Waals surface area contributed by atoms with Gasteiger partial charge < -0.3 is 20.5 Å². The van der Waals surface area contributed by atoms with Crippen molar-refractivity contribution in [3.63, 3.8) is 0 Å². The van der Waals surface area contributed by atoms with Crippen LogP contribution in [0.2, 0.25) is 0 Å². The van der Waals surface area contributed by atoms with Gasteiger partial charge in [-0.1, -0.05) is 54.6 Å². The number of ether oxygens (including phenoxy) is 1. The molecule has 3 aromatic carbocycles. The first kappa shape index (κ1) is 18.5. The van der Waals surface area contributed by atoms with Gasteiger partial charge in [0.1, 0.15) is 5.75 Å². The lowest BCUT2D eigenvalue weighted by atomic mass is 10.0. The molecule has 0 atom stereocenters. The maximum absolute atomic E-state index is 12.5. The summed E-state index contributed by atoms with van der Waals surface area (Å²) in [6, 6.07) is 22.6. The Morgan fingerprint density at radius 2 is 1.59 bits per heavy atom. The Labute approximate surface area is 158 Å². The van der Waals surface area contributed by atoms with Gasteiger partial charge in [-0.15, -0.1) is 0 Å². The quantitative estimate of drug-likeness (QED) is 0.603. The zero-order chi connectivity index (χ0) is 19.1. The van der Waals surface area contributed by atoms with E-state index in [0.717, 1.165) is 16.7 Å². The van der Waals surface area contributed by atoms with Crippen molar-refractivity contribution < 1.29 is 14.6 Å². The lowest BCUT2D eigenvalue weighted by Gasteiger charge is -2.14. The first-order chi connectivity index (χ1) is 13.2. The number of anilines is 2. The minimum atomic E-state index is -0.371. The van der Waals surface area contributed by atoms with E-state index < -0.39 is 0 Å². The highest BCUT2D eigenvalue weighted by Crippen LogP contribution is 2.30. The number of amides is 2. The van der Waals surface area contributed by atoms with Gasteiger partial charge in [0.25, 0.3) is 0 Å². The largest absolute Gasteiger partial charge is 0.495 e. The Morgan fingerprint density at radius 3 is 2.33 bits per heavy atom. The number of benzene rings is 3. The molecule has 0 saturated heterocycles. The van der Waals surface area contributed by atoms with Gasteiger partial charge in [-0.2, -0.15) is 0 Å². The van der Waals surface area contributed by atoms with Crippen molar-refractivity contribution in [2.45, 2.75) is 6.42 Å². The Morgan fingerprint density at radius 1 is 0.889 bits per heavy atom. The molecule has 0 unspecified atom stereocenters. The molecule has 0 heterocycles. The number of urea groups is 1. The van der Waals surface area contributed by atoms with Crippen molar-refractivity contribution in [2.24, 2.45) is 0 Å². The van der Waals surface area contributed by atoms with E-state index in [0.29, 0.717) is 23.5 Å². The molecule has 3 N–H and O–H groups in total. The number of para-hydroxylation sites is 1. The smallest absolute Gasteiger partial charge is 0.323 e. The number of hydrogen-bond acceptors (Lipinski definition) is 3. The van der Waals surface area contributed by atoms with E-state index in [1.54, 1.807) is 7.11 Å². The van der Waals surface area contributed by atoms with Crippen molar-refractivity contribution in [3.8, 4) is 16.9 Å². The number of methoxy groups -OCH3 is 1. The molecule has 0 bridgehead atoms. The van der Waals surface area contributed by atoms with Gasteiger partial charge in [0, 0.05) is 12.3 Å². The third-order valence-corrected chi connectivity index (χ3v) is 4.20. The highest BCUT2D eigenvalue weighted by Gasteiger charge is 2.11. The minimum Gasteiger partial charge on any atom is -0.495 e. The SMILES string of the molecule is COc1ccc(-c2ccccc2)cc1NC(=O)Nc1ccccc1CCO. The number of carbonyl (C=O) groups is 1. The summed E-state index contributed by atoms with van der Waals surface area (Å²) in [6.07, 6.45) is 0.475. The van der Waals surface area contributed by atoms with E-state index in [2.05, 4.69) is 10.6 Å². The molecule has 5 heteroatoms. The van der Waals surface area contributed by atoms with Crippen molar-refractivity contribution in [1.82, 2.24) is 0 Å². The molecular formula is C22H22N2O3. The van der Waals surface area contributed by atoms with Crippen molar-refractivity contribution >= 4 is 17.4 Å². The van der Waals surface area contributed by atoms with Crippen LogP contribution in [0.15, 0.2) is 72.8 Å². The van der Waals surface area contributed by atoms with Gasteiger partial charge in [0.2, 0.25) is 0 Å². The van der Waals surface area contributed by atoms with E-state index in [4.69, 9.17) is 4.74 Å². The number of aliphatic hydroxyl groups is 1. The topological polar surface area (TPSA) is 70.6 Å². The molecule has 0 aromatic heterocycles. The molecule has 0 radical (unpaired) electrons. The van der Waals surface area contributed by atoms with Crippen molar-refractivity contribution in [3.05, 3.63) is 78.4 Å². The Bertz CT molecular complexity index is 910. The van der Waals surface area contributed by atoms with Gasteiger partial charge in [-0.3, -0.25) is 0 Å². The Balaban J connectivity index is 1.81. The second-order valence-corrected chi connectivity index (χ2v) is 5.99. The average molecular weight is 362 g/mol. The van der Waals surface area contributed by atoms with Crippen molar-refractivity contribution in [1.29, 1.82) is 0 Å². The third-order valence-electron chi connectivity index (χ3n) is 4.20. The number of rotatable bonds is 6. The lowest BCUT2D eigenvalue weighted by Crippen LogP contribution is -2.20. The Hall–Kier alpha value is -3.31. The highest BCUT2D eigenvalue weighted by atomic mass is 16.5. The summed E-state index contributed by atoms with van der Waals surface area (Å²) >= 11 is 0. The van der Waals surface area contributed by atoms with Gasteiger partial charge in [0.15, 0.2) is 0 Å². The monoisotopic (exact) mass is 362 g/mol. The molecule has 3 aromatic rings. The summed E-state index contributed by atoms with van der Waals surface area (Å²) in [5.74, 6) is 0.577. The minimum absolute atomic E-state index is 0.0211. The average Bonchev–Trinajstić information content (AvgIpc) is 2.70. The molecule has 3 rings (SSSR count). The van der Waals surface area contributed by atoms with Crippen LogP contribution >= 0.6 is 0 Å². The molecule has 0 fully saturated rings. The molecule has 27 heavy (non-hydrogen) atoms. The van der Waals surface area contributed by atoms with Crippen LogP contribution in [0.1, 0.15) is 5.56 Å². The second-order valence-electron chi connectivity index (χ2n) is 5.99. The van der Waals surface area contributed by atoms with Crippen molar-refractivity contribution in [2.75, 3.05) is 24.4 Å². The molecule has 0 aliphatic carbocycles. The molecule has 0 aliphatic heterocycles. The van der Waals surface area contributed by atoms with E-state index in [1.165, 1.54) is 0 Å². The van der Waals surface area contributed by atoms with Crippen LogP contribution in [0.5, 0.6) is 5.75 Å². The zero-order valence-corrected chi connectivity index (χ0v) is 15.1.